The average molecular weight is 401 g/mol. The second kappa shape index (κ2) is 8.14. The van der Waals surface area contributed by atoms with E-state index in [0.717, 1.165) is 10.4 Å². The molecule has 3 rings (SSSR count). The molecule has 0 aliphatic carbocycles. The number of benzene rings is 1. The second-order valence-corrected chi connectivity index (χ2v) is 7.52. The van der Waals surface area contributed by atoms with Crippen molar-refractivity contribution in [3.8, 4) is 0 Å². The maximum atomic E-state index is 13.3. The third-order valence-corrected chi connectivity index (χ3v) is 5.82. The highest BCUT2D eigenvalue weighted by molar-refractivity contribution is 7.10. The van der Waals surface area contributed by atoms with Crippen molar-refractivity contribution in [3.05, 3.63) is 52.2 Å². The number of rotatable bonds is 6. The highest BCUT2D eigenvalue weighted by Crippen LogP contribution is 2.48. The Morgan fingerprint density at radius 2 is 1.71 bits per heavy atom. The molecule has 0 bridgehead atoms. The van der Waals surface area contributed by atoms with Crippen LogP contribution in [0, 0.1) is 6.92 Å². The molecular weight excluding hydrogens is 378 g/mol. The number of esters is 2. The summed E-state index contributed by atoms with van der Waals surface area (Å²) in [4.78, 5) is 41.7. The molecule has 1 aromatic carbocycles. The molecule has 7 heteroatoms. The number of hydrogen-bond acceptors (Lipinski definition) is 6. The van der Waals surface area contributed by atoms with Gasteiger partial charge in [-0.15, -0.1) is 11.3 Å². The molecule has 2 aromatic rings. The number of ether oxygens (including phenoxy) is 2. The molecule has 1 fully saturated rings. The molecule has 6 nitrogen and oxygen atoms in total. The van der Waals surface area contributed by atoms with E-state index in [1.54, 1.807) is 26.0 Å². The predicted molar refractivity (Wildman–Crippen MR) is 106 cm³/mol. The van der Waals surface area contributed by atoms with Crippen LogP contribution in [0.15, 0.2) is 41.8 Å². The number of aryl methyl sites for hydroxylation is 1. The summed E-state index contributed by atoms with van der Waals surface area (Å²) in [5.74, 6) is -2.53. The Kier molecular flexibility index (Phi) is 5.84. The standard InChI is InChI=1S/C21H23NO5S/c1-4-26-19(24)21(20(25)27-5-2)16(17-7-6-12-28-17)13-18(23)22(21)15-10-8-14(3)9-11-15/h6-12,16H,4-5,13H2,1-3H3. The number of anilines is 1. The first-order valence-corrected chi connectivity index (χ1v) is 10.1. The number of carbonyl (C=O) groups excluding carboxylic acids is 3. The molecule has 1 aliphatic rings. The molecule has 148 valence electrons. The zero-order valence-corrected chi connectivity index (χ0v) is 17.0. The molecule has 1 unspecified atom stereocenters. The normalized spacial score (nSPS) is 18.2. The molecule has 0 spiro atoms. The minimum atomic E-state index is -1.89. The Morgan fingerprint density at radius 3 is 2.21 bits per heavy atom. The summed E-state index contributed by atoms with van der Waals surface area (Å²) >= 11 is 1.40. The second-order valence-electron chi connectivity index (χ2n) is 6.54. The maximum absolute atomic E-state index is 13.3. The average Bonchev–Trinajstić information content (AvgIpc) is 3.29. The van der Waals surface area contributed by atoms with Crippen molar-refractivity contribution in [2.45, 2.75) is 38.6 Å². The van der Waals surface area contributed by atoms with Crippen LogP contribution in [0.2, 0.25) is 0 Å². The molecule has 28 heavy (non-hydrogen) atoms. The quantitative estimate of drug-likeness (QED) is 0.548. The van der Waals surface area contributed by atoms with E-state index in [4.69, 9.17) is 9.47 Å². The monoisotopic (exact) mass is 401 g/mol. The molecule has 1 saturated heterocycles. The lowest BCUT2D eigenvalue weighted by Crippen LogP contribution is -2.62. The summed E-state index contributed by atoms with van der Waals surface area (Å²) in [6.07, 6.45) is 0.0199. The largest absolute Gasteiger partial charge is 0.464 e. The molecule has 0 saturated carbocycles. The Balaban J connectivity index is 2.25. The van der Waals surface area contributed by atoms with Crippen molar-refractivity contribution in [1.29, 1.82) is 0 Å². The van der Waals surface area contributed by atoms with Gasteiger partial charge in [-0.3, -0.25) is 9.69 Å². The minimum absolute atomic E-state index is 0.0199. The van der Waals surface area contributed by atoms with E-state index in [0.29, 0.717) is 5.69 Å². The lowest BCUT2D eigenvalue weighted by molar-refractivity contribution is -0.164. The molecule has 1 amide bonds. The fourth-order valence-corrected chi connectivity index (χ4v) is 4.53. The van der Waals surface area contributed by atoms with Crippen molar-refractivity contribution in [3.63, 3.8) is 0 Å². The smallest absolute Gasteiger partial charge is 0.344 e. The molecule has 1 atom stereocenters. The summed E-state index contributed by atoms with van der Waals surface area (Å²) in [7, 11) is 0. The Hall–Kier alpha value is -2.67. The van der Waals surface area contributed by atoms with Crippen LogP contribution in [0.1, 0.15) is 36.6 Å². The van der Waals surface area contributed by atoms with Gasteiger partial charge < -0.3 is 9.47 Å². The highest BCUT2D eigenvalue weighted by Gasteiger charge is 2.66. The van der Waals surface area contributed by atoms with Crippen LogP contribution in [-0.4, -0.2) is 36.6 Å². The van der Waals surface area contributed by atoms with Gasteiger partial charge in [0.15, 0.2) is 0 Å². The van der Waals surface area contributed by atoms with Crippen molar-refractivity contribution in [2.75, 3.05) is 18.1 Å². The number of thiophene rings is 1. The van der Waals surface area contributed by atoms with E-state index in [1.807, 2.05) is 36.6 Å². The van der Waals surface area contributed by atoms with Gasteiger partial charge >= 0.3 is 11.9 Å². The predicted octanol–water partition coefficient (Wildman–Crippen LogP) is 3.44. The van der Waals surface area contributed by atoms with Crippen LogP contribution in [0.4, 0.5) is 5.69 Å². The lowest BCUT2D eigenvalue weighted by atomic mass is 9.83. The fraction of sp³-hybridized carbons (Fsp3) is 0.381. The first kappa shape index (κ1) is 20.1. The van der Waals surface area contributed by atoms with E-state index in [-0.39, 0.29) is 25.5 Å². The van der Waals surface area contributed by atoms with Gasteiger partial charge in [0.1, 0.15) is 0 Å². The molecular formula is C21H23NO5S. The molecule has 1 aromatic heterocycles. The Labute approximate surface area is 168 Å². The highest BCUT2D eigenvalue weighted by atomic mass is 32.1. The van der Waals surface area contributed by atoms with Gasteiger partial charge in [0.25, 0.3) is 5.54 Å². The van der Waals surface area contributed by atoms with Gasteiger partial charge in [0, 0.05) is 22.9 Å². The molecule has 2 heterocycles. The third-order valence-electron chi connectivity index (χ3n) is 4.84. The van der Waals surface area contributed by atoms with Crippen LogP contribution in [-0.2, 0) is 23.9 Å². The van der Waals surface area contributed by atoms with Gasteiger partial charge in [0.05, 0.1) is 13.2 Å². The van der Waals surface area contributed by atoms with Gasteiger partial charge in [-0.25, -0.2) is 9.59 Å². The first-order chi connectivity index (χ1) is 13.5. The van der Waals surface area contributed by atoms with Crippen LogP contribution in [0.25, 0.3) is 0 Å². The van der Waals surface area contributed by atoms with E-state index < -0.39 is 23.4 Å². The van der Waals surface area contributed by atoms with E-state index >= 15 is 0 Å². The van der Waals surface area contributed by atoms with Crippen molar-refractivity contribution in [2.24, 2.45) is 0 Å². The summed E-state index contributed by atoms with van der Waals surface area (Å²) in [5, 5.41) is 1.86. The fourth-order valence-electron chi connectivity index (χ4n) is 3.64. The number of hydrogen-bond donors (Lipinski definition) is 0. The molecule has 1 aliphatic heterocycles. The first-order valence-electron chi connectivity index (χ1n) is 9.24. The van der Waals surface area contributed by atoms with Gasteiger partial charge in [0.2, 0.25) is 5.91 Å². The van der Waals surface area contributed by atoms with Gasteiger partial charge in [-0.05, 0) is 44.4 Å². The summed E-state index contributed by atoms with van der Waals surface area (Å²) in [5.41, 5.74) is -0.415. The van der Waals surface area contributed by atoms with Gasteiger partial charge in [-0.2, -0.15) is 0 Å². The van der Waals surface area contributed by atoms with E-state index in [2.05, 4.69) is 0 Å². The number of carbonyl (C=O) groups is 3. The lowest BCUT2D eigenvalue weighted by Gasteiger charge is -2.37. The summed E-state index contributed by atoms with van der Waals surface area (Å²) in [6, 6.07) is 10.8. The van der Waals surface area contributed by atoms with Crippen LogP contribution in [0.3, 0.4) is 0 Å². The van der Waals surface area contributed by atoms with E-state index in [9.17, 15) is 14.4 Å². The van der Waals surface area contributed by atoms with Crippen LogP contribution >= 0.6 is 11.3 Å². The summed E-state index contributed by atoms with van der Waals surface area (Å²) < 4.78 is 10.6. The molecule has 0 N–H and O–H groups in total. The zero-order valence-electron chi connectivity index (χ0n) is 16.1. The van der Waals surface area contributed by atoms with Gasteiger partial charge in [-0.1, -0.05) is 23.8 Å². The number of nitrogens with zero attached hydrogens (tertiary/aromatic N) is 1. The topological polar surface area (TPSA) is 72.9 Å². The Bertz CT molecular complexity index is 841. The summed E-state index contributed by atoms with van der Waals surface area (Å²) in [6.45, 7) is 5.45. The SMILES string of the molecule is CCOC(=O)C1(C(=O)OCC)C(c2cccs2)CC(=O)N1c1ccc(C)cc1. The van der Waals surface area contributed by atoms with Crippen molar-refractivity contribution in [1.82, 2.24) is 0 Å². The van der Waals surface area contributed by atoms with Crippen molar-refractivity contribution >= 4 is 34.9 Å². The van der Waals surface area contributed by atoms with Crippen LogP contribution in [0.5, 0.6) is 0 Å². The Morgan fingerprint density at radius 1 is 1.11 bits per heavy atom. The maximum Gasteiger partial charge on any atom is 0.344 e. The minimum Gasteiger partial charge on any atom is -0.464 e. The molecule has 0 radical (unpaired) electrons. The third kappa shape index (κ3) is 3.20. The number of amides is 1. The van der Waals surface area contributed by atoms with Crippen LogP contribution < -0.4 is 4.90 Å². The van der Waals surface area contributed by atoms with Crippen molar-refractivity contribution < 1.29 is 23.9 Å². The van der Waals surface area contributed by atoms with E-state index in [1.165, 1.54) is 16.2 Å². The zero-order chi connectivity index (χ0) is 20.3.